The summed E-state index contributed by atoms with van der Waals surface area (Å²) in [5, 5.41) is 26.6. The molecule has 4 unspecified atom stereocenters. The van der Waals surface area contributed by atoms with E-state index in [4.69, 9.17) is 10.5 Å². The molecule has 0 aromatic rings. The van der Waals surface area contributed by atoms with Gasteiger partial charge in [0.05, 0.1) is 6.10 Å². The van der Waals surface area contributed by atoms with Gasteiger partial charge in [0.1, 0.15) is 6.10 Å². The zero-order valence-corrected chi connectivity index (χ0v) is 30.2. The van der Waals surface area contributed by atoms with Gasteiger partial charge in [0.2, 0.25) is 0 Å². The SMILES string of the molecule is CC(=O)O[C@H]1C[C@@]2(C)C(C[C@@H](O)C3[C@@]4(C)CCC(NCCCN(C)CCCN)[C@@H](C)C4CC[C@@]32C)/C1=C(\CCC=C(C)C)C(=O)O. The van der Waals surface area contributed by atoms with Gasteiger partial charge in [-0.25, -0.2) is 4.79 Å². The van der Waals surface area contributed by atoms with Crippen molar-refractivity contribution in [2.75, 3.05) is 33.2 Å². The number of nitrogens with zero attached hydrogens (tertiary/aromatic N) is 1. The lowest BCUT2D eigenvalue weighted by molar-refractivity contribution is -0.227. The van der Waals surface area contributed by atoms with Crippen molar-refractivity contribution in [1.29, 1.82) is 0 Å². The van der Waals surface area contributed by atoms with Gasteiger partial charge in [-0.1, -0.05) is 39.3 Å². The van der Waals surface area contributed by atoms with Gasteiger partial charge in [0.15, 0.2) is 0 Å². The molecule has 0 spiro atoms. The number of aliphatic carboxylic acids is 1. The van der Waals surface area contributed by atoms with Crippen LogP contribution in [0.25, 0.3) is 0 Å². The number of hydrogen-bond donors (Lipinski definition) is 4. The molecule has 0 bridgehead atoms. The zero-order valence-electron chi connectivity index (χ0n) is 30.2. The van der Waals surface area contributed by atoms with E-state index in [2.05, 4.69) is 51.0 Å². The lowest BCUT2D eigenvalue weighted by Gasteiger charge is -2.69. The zero-order chi connectivity index (χ0) is 34.0. The summed E-state index contributed by atoms with van der Waals surface area (Å²) in [6, 6.07) is 0.481. The van der Waals surface area contributed by atoms with Crippen LogP contribution >= 0.6 is 0 Å². The fourth-order valence-electron chi connectivity index (χ4n) is 11.2. The molecule has 4 saturated carbocycles. The Bertz CT molecular complexity index is 1160. The van der Waals surface area contributed by atoms with Crippen molar-refractivity contribution in [2.45, 2.75) is 131 Å². The lowest BCUT2D eigenvalue weighted by atomic mass is 9.36. The van der Waals surface area contributed by atoms with Gasteiger partial charge in [0, 0.05) is 18.5 Å². The van der Waals surface area contributed by atoms with Gasteiger partial charge >= 0.3 is 11.9 Å². The molecular weight excluding hydrogens is 578 g/mol. The molecule has 0 radical (unpaired) electrons. The Hall–Kier alpha value is -1.74. The van der Waals surface area contributed by atoms with Crippen LogP contribution < -0.4 is 11.1 Å². The summed E-state index contributed by atoms with van der Waals surface area (Å²) in [4.78, 5) is 27.6. The number of carbonyl (C=O) groups excluding carboxylic acids is 1. The van der Waals surface area contributed by atoms with Crippen molar-refractivity contribution in [2.24, 2.45) is 45.7 Å². The van der Waals surface area contributed by atoms with Crippen LogP contribution in [0, 0.1) is 39.9 Å². The van der Waals surface area contributed by atoms with Gasteiger partial charge < -0.3 is 30.9 Å². The summed E-state index contributed by atoms with van der Waals surface area (Å²) >= 11 is 0. The van der Waals surface area contributed by atoms with E-state index < -0.39 is 18.2 Å². The number of ether oxygens (including phenoxy) is 1. The highest BCUT2D eigenvalue weighted by atomic mass is 16.5. The summed E-state index contributed by atoms with van der Waals surface area (Å²) < 4.78 is 5.97. The first-order valence-electron chi connectivity index (χ1n) is 18.2. The first-order chi connectivity index (χ1) is 21.6. The molecule has 4 aliphatic carbocycles. The van der Waals surface area contributed by atoms with Crippen LogP contribution in [0.2, 0.25) is 0 Å². The third-order valence-corrected chi connectivity index (χ3v) is 13.5. The Morgan fingerprint density at radius 2 is 1.78 bits per heavy atom. The highest BCUT2D eigenvalue weighted by Gasteiger charge is 2.70. The molecule has 4 fully saturated rings. The van der Waals surface area contributed by atoms with Crippen LogP contribution in [0.3, 0.4) is 0 Å². The monoisotopic (exact) mass is 643 g/mol. The van der Waals surface area contributed by atoms with Crippen molar-refractivity contribution in [3.8, 4) is 0 Å². The molecule has 262 valence electrons. The second-order valence-corrected chi connectivity index (χ2v) is 16.4. The highest BCUT2D eigenvalue weighted by Crippen LogP contribution is 2.74. The van der Waals surface area contributed by atoms with Crippen molar-refractivity contribution in [3.63, 3.8) is 0 Å². The molecule has 8 heteroatoms. The minimum absolute atomic E-state index is 0.0110. The third-order valence-electron chi connectivity index (χ3n) is 13.5. The molecule has 0 saturated heterocycles. The van der Waals surface area contributed by atoms with E-state index >= 15 is 0 Å². The molecular formula is C38H65N3O5. The Morgan fingerprint density at radius 3 is 2.41 bits per heavy atom. The maximum Gasteiger partial charge on any atom is 0.331 e. The molecule has 46 heavy (non-hydrogen) atoms. The summed E-state index contributed by atoms with van der Waals surface area (Å²) in [7, 11) is 2.18. The Morgan fingerprint density at radius 1 is 1.09 bits per heavy atom. The summed E-state index contributed by atoms with van der Waals surface area (Å²) in [5.41, 5.74) is 7.45. The molecule has 0 heterocycles. The maximum atomic E-state index is 12.8. The number of hydrogen-bond acceptors (Lipinski definition) is 7. The minimum Gasteiger partial charge on any atom is -0.478 e. The van der Waals surface area contributed by atoms with Gasteiger partial charge in [-0.15, -0.1) is 0 Å². The second kappa shape index (κ2) is 14.8. The molecule has 10 atom stereocenters. The predicted molar refractivity (Wildman–Crippen MR) is 184 cm³/mol. The molecule has 0 aromatic heterocycles. The Balaban J connectivity index is 1.59. The van der Waals surface area contributed by atoms with Gasteiger partial charge in [-0.2, -0.15) is 0 Å². The predicted octanol–water partition coefficient (Wildman–Crippen LogP) is 5.93. The fourth-order valence-corrected chi connectivity index (χ4v) is 11.2. The third kappa shape index (κ3) is 7.02. The van der Waals surface area contributed by atoms with Crippen LogP contribution in [-0.2, 0) is 14.3 Å². The van der Waals surface area contributed by atoms with Crippen molar-refractivity contribution in [3.05, 3.63) is 22.8 Å². The first-order valence-corrected chi connectivity index (χ1v) is 18.2. The van der Waals surface area contributed by atoms with Crippen LogP contribution in [-0.4, -0.2) is 78.5 Å². The number of nitrogens with two attached hydrogens (primary N) is 1. The van der Waals surface area contributed by atoms with Crippen molar-refractivity contribution in [1.82, 2.24) is 10.2 Å². The summed E-state index contributed by atoms with van der Waals surface area (Å²) in [6.45, 7) is 18.9. The van der Waals surface area contributed by atoms with E-state index in [1.807, 2.05) is 13.8 Å². The van der Waals surface area contributed by atoms with Crippen LogP contribution in [0.1, 0.15) is 113 Å². The van der Waals surface area contributed by atoms with Gasteiger partial charge in [0.25, 0.3) is 0 Å². The molecule has 0 amide bonds. The van der Waals surface area contributed by atoms with E-state index in [-0.39, 0.29) is 34.1 Å². The molecule has 0 aromatic carbocycles. The average molecular weight is 644 g/mol. The highest BCUT2D eigenvalue weighted by molar-refractivity contribution is 5.88. The van der Waals surface area contributed by atoms with Crippen molar-refractivity contribution >= 4 is 11.9 Å². The molecule has 5 N–H and O–H groups in total. The molecule has 8 nitrogen and oxygen atoms in total. The van der Waals surface area contributed by atoms with E-state index in [0.717, 1.165) is 75.9 Å². The minimum atomic E-state index is -0.933. The van der Waals surface area contributed by atoms with Crippen LogP contribution in [0.15, 0.2) is 22.8 Å². The van der Waals surface area contributed by atoms with Crippen molar-refractivity contribution < 1.29 is 24.5 Å². The number of allylic oxidation sites excluding steroid dienone is 2. The molecule has 4 aliphatic rings. The Labute approximate surface area is 279 Å². The number of aliphatic hydroxyl groups excluding tert-OH is 1. The number of carboxylic acids is 1. The summed E-state index contributed by atoms with van der Waals surface area (Å²) in [5.74, 6) is -0.313. The number of carboxylic acid groups (broad SMARTS) is 1. The molecule has 0 aliphatic heterocycles. The average Bonchev–Trinajstić information content (AvgIpc) is 3.23. The Kier molecular flexibility index (Phi) is 11.9. The van der Waals surface area contributed by atoms with Crippen LogP contribution in [0.4, 0.5) is 0 Å². The normalized spacial score (nSPS) is 39.7. The van der Waals surface area contributed by atoms with E-state index in [0.29, 0.717) is 49.1 Å². The standard InChI is InChI=1S/C38H65N3O5/c1-24(2)12-9-13-27(35(44)45)33-29-22-31(43)34-36(5)16-15-30(40-19-11-21-41(8)20-10-18-39)25(3)28(36)14-17-37(34,6)38(29,7)23-32(33)46-26(4)42/h12,25,28-32,34,40,43H,9-11,13-23,39H2,1-8H3,(H,44,45)/b33-27-/t25-,28?,29?,30?,31+,32-,34?,36-,37-,38-/m0/s1. The topological polar surface area (TPSA) is 125 Å². The fraction of sp³-hybridized carbons (Fsp3) is 0.842. The number of aliphatic hydroxyl groups is 1. The largest absolute Gasteiger partial charge is 0.478 e. The summed E-state index contributed by atoms with van der Waals surface area (Å²) in [6.07, 6.45) is 9.57. The number of carbonyl (C=O) groups is 2. The maximum absolute atomic E-state index is 12.8. The number of rotatable bonds is 13. The number of fused-ring (bicyclic) bond motifs is 5. The van der Waals surface area contributed by atoms with E-state index in [9.17, 15) is 19.8 Å². The van der Waals surface area contributed by atoms with Crippen LogP contribution in [0.5, 0.6) is 0 Å². The number of nitrogens with one attached hydrogen (secondary N) is 1. The van der Waals surface area contributed by atoms with Gasteiger partial charge in [-0.05, 0) is 157 Å². The first kappa shape index (κ1) is 37.1. The van der Waals surface area contributed by atoms with E-state index in [1.54, 1.807) is 0 Å². The lowest BCUT2D eigenvalue weighted by Crippen LogP contribution is -2.66. The van der Waals surface area contributed by atoms with E-state index in [1.165, 1.54) is 6.92 Å². The van der Waals surface area contributed by atoms with Gasteiger partial charge in [-0.3, -0.25) is 4.79 Å². The number of esters is 1. The molecule has 4 rings (SSSR count). The second-order valence-electron chi connectivity index (χ2n) is 16.4. The smallest absolute Gasteiger partial charge is 0.331 e. The quantitative estimate of drug-likeness (QED) is 0.0842.